The predicted molar refractivity (Wildman–Crippen MR) is 74.8 cm³/mol. The van der Waals surface area contributed by atoms with E-state index in [9.17, 15) is 5.11 Å². The van der Waals surface area contributed by atoms with Crippen molar-refractivity contribution in [3.05, 3.63) is 29.1 Å². The lowest BCUT2D eigenvalue weighted by Gasteiger charge is -2.16. The molecule has 1 rings (SSSR count). The highest BCUT2D eigenvalue weighted by Crippen LogP contribution is 2.33. The Bertz CT molecular complexity index is 448. The maximum Gasteiger partial charge on any atom is 0.144 e. The van der Waals surface area contributed by atoms with Gasteiger partial charge in [0.15, 0.2) is 0 Å². The zero-order chi connectivity index (χ0) is 13.9. The fraction of sp³-hybridized carbons (Fsp3) is 0.533. The topological polar surface area (TPSA) is 53.4 Å². The van der Waals surface area contributed by atoms with Crippen LogP contribution >= 0.6 is 0 Å². The van der Waals surface area contributed by atoms with Crippen LogP contribution in [0.15, 0.2) is 12.1 Å². The molecule has 0 atom stereocenters. The third kappa shape index (κ3) is 3.10. The van der Waals surface area contributed by atoms with Crippen LogP contribution in [0.1, 0.15) is 63.4 Å². The number of pyridine rings is 1. The molecule has 100 valence electrons. The molecule has 18 heavy (non-hydrogen) atoms. The van der Waals surface area contributed by atoms with E-state index in [-0.39, 0.29) is 18.3 Å². The number of nitrogens with zero attached hydrogens (tertiary/aromatic N) is 1. The Morgan fingerprint density at radius 2 is 1.89 bits per heavy atom. The van der Waals surface area contributed by atoms with E-state index in [1.165, 1.54) is 0 Å². The summed E-state index contributed by atoms with van der Waals surface area (Å²) in [6, 6.07) is 1.91. The van der Waals surface area contributed by atoms with Gasteiger partial charge in [-0.3, -0.25) is 4.98 Å². The van der Waals surface area contributed by atoms with E-state index < -0.39 is 0 Å². The molecule has 0 aliphatic heterocycles. The fourth-order valence-corrected chi connectivity index (χ4v) is 1.82. The molecule has 0 spiro atoms. The van der Waals surface area contributed by atoms with Crippen molar-refractivity contribution in [1.82, 2.24) is 4.98 Å². The van der Waals surface area contributed by atoms with Crippen molar-refractivity contribution in [2.45, 2.75) is 46.5 Å². The number of hydrogen-bond acceptors (Lipinski definition) is 3. The summed E-state index contributed by atoms with van der Waals surface area (Å²) < 4.78 is 0. The highest BCUT2D eigenvalue weighted by molar-refractivity contribution is 5.70. The molecule has 1 aromatic rings. The van der Waals surface area contributed by atoms with Crippen LogP contribution in [0.3, 0.4) is 0 Å². The van der Waals surface area contributed by atoms with Crippen LogP contribution in [0, 0.1) is 0 Å². The number of aromatic hydroxyl groups is 1. The maximum atomic E-state index is 10.3. The van der Waals surface area contributed by atoms with Crippen LogP contribution in [-0.4, -0.2) is 21.8 Å². The van der Waals surface area contributed by atoms with Gasteiger partial charge in [-0.15, -0.1) is 0 Å². The van der Waals surface area contributed by atoms with Gasteiger partial charge in [-0.05, 0) is 30.4 Å². The second-order valence-electron chi connectivity index (χ2n) is 5.21. The molecule has 0 amide bonds. The lowest BCUT2D eigenvalue weighted by Crippen LogP contribution is -2.03. The van der Waals surface area contributed by atoms with Gasteiger partial charge in [0.1, 0.15) is 5.75 Å². The Balaban J connectivity index is 3.45. The second kappa shape index (κ2) is 6.01. The zero-order valence-electron chi connectivity index (χ0n) is 11.9. The first-order valence-corrected chi connectivity index (χ1v) is 6.40. The highest BCUT2D eigenvalue weighted by atomic mass is 16.3. The quantitative estimate of drug-likeness (QED) is 0.859. The summed E-state index contributed by atoms with van der Waals surface area (Å²) in [5, 5.41) is 19.2. The van der Waals surface area contributed by atoms with Crippen molar-refractivity contribution >= 4 is 5.57 Å². The van der Waals surface area contributed by atoms with Crippen molar-refractivity contribution in [2.24, 2.45) is 0 Å². The molecule has 0 fully saturated rings. The summed E-state index contributed by atoms with van der Waals surface area (Å²) in [5.41, 5.74) is 3.34. The third-order valence-corrected chi connectivity index (χ3v) is 3.00. The smallest absolute Gasteiger partial charge is 0.144 e. The van der Waals surface area contributed by atoms with E-state index >= 15 is 0 Å². The van der Waals surface area contributed by atoms with Crippen LogP contribution < -0.4 is 0 Å². The van der Waals surface area contributed by atoms with Crippen LogP contribution in [0.4, 0.5) is 0 Å². The third-order valence-electron chi connectivity index (χ3n) is 3.00. The average molecular weight is 249 g/mol. The Morgan fingerprint density at radius 3 is 2.33 bits per heavy atom. The molecule has 3 nitrogen and oxygen atoms in total. The SMILES string of the molecule is C/C(=C/CO)c1cc(C(C)C)nc(C(C)C)c1O. The summed E-state index contributed by atoms with van der Waals surface area (Å²) in [6.45, 7) is 10.1. The van der Waals surface area contributed by atoms with Crippen LogP contribution in [0.2, 0.25) is 0 Å². The van der Waals surface area contributed by atoms with Crippen molar-refractivity contribution in [1.29, 1.82) is 0 Å². The first-order chi connectivity index (χ1) is 8.38. The first-order valence-electron chi connectivity index (χ1n) is 6.40. The zero-order valence-corrected chi connectivity index (χ0v) is 11.9. The van der Waals surface area contributed by atoms with Crippen molar-refractivity contribution in [2.75, 3.05) is 6.61 Å². The van der Waals surface area contributed by atoms with Crippen LogP contribution in [-0.2, 0) is 0 Å². The van der Waals surface area contributed by atoms with Gasteiger partial charge in [-0.1, -0.05) is 33.8 Å². The molecule has 1 aromatic heterocycles. The van der Waals surface area contributed by atoms with Gasteiger partial charge in [0.05, 0.1) is 12.3 Å². The average Bonchev–Trinajstić information content (AvgIpc) is 2.28. The molecular formula is C15H23NO2. The number of aromatic nitrogens is 1. The van der Waals surface area contributed by atoms with Crippen molar-refractivity contribution in [3.63, 3.8) is 0 Å². The summed E-state index contributed by atoms with van der Waals surface area (Å²) >= 11 is 0. The Kier molecular flexibility index (Phi) is 4.91. The summed E-state index contributed by atoms with van der Waals surface area (Å²) in [5.74, 6) is 0.713. The molecule has 3 heteroatoms. The minimum absolute atomic E-state index is 0.0262. The van der Waals surface area contributed by atoms with E-state index in [4.69, 9.17) is 5.11 Å². The number of rotatable bonds is 4. The largest absolute Gasteiger partial charge is 0.505 e. The number of hydrogen-bond donors (Lipinski definition) is 2. The molecule has 2 N–H and O–H groups in total. The lowest BCUT2D eigenvalue weighted by molar-refractivity contribution is 0.343. The van der Waals surface area contributed by atoms with Crippen LogP contribution in [0.25, 0.3) is 5.57 Å². The highest BCUT2D eigenvalue weighted by Gasteiger charge is 2.16. The summed E-state index contributed by atoms with van der Waals surface area (Å²) in [6.07, 6.45) is 1.70. The Hall–Kier alpha value is -1.35. The van der Waals surface area contributed by atoms with E-state index in [2.05, 4.69) is 18.8 Å². The number of aliphatic hydroxyl groups is 1. The Morgan fingerprint density at radius 1 is 1.28 bits per heavy atom. The molecule has 0 aliphatic carbocycles. The monoisotopic (exact) mass is 249 g/mol. The molecule has 0 bridgehead atoms. The van der Waals surface area contributed by atoms with Gasteiger partial charge in [0.25, 0.3) is 0 Å². The molecule has 0 radical (unpaired) electrons. The van der Waals surface area contributed by atoms with Crippen molar-refractivity contribution < 1.29 is 10.2 Å². The minimum Gasteiger partial charge on any atom is -0.505 e. The number of allylic oxidation sites excluding steroid dienone is 1. The molecule has 0 saturated carbocycles. The first kappa shape index (κ1) is 14.7. The maximum absolute atomic E-state index is 10.3. The van der Waals surface area contributed by atoms with Crippen molar-refractivity contribution in [3.8, 4) is 5.75 Å². The molecule has 0 aliphatic rings. The van der Waals surface area contributed by atoms with Gasteiger partial charge >= 0.3 is 0 Å². The van der Waals surface area contributed by atoms with Crippen LogP contribution in [0.5, 0.6) is 5.75 Å². The fourth-order valence-electron chi connectivity index (χ4n) is 1.82. The van der Waals surface area contributed by atoms with E-state index in [0.717, 1.165) is 22.5 Å². The molecule has 0 unspecified atom stereocenters. The van der Waals surface area contributed by atoms with Gasteiger partial charge in [0.2, 0.25) is 0 Å². The lowest BCUT2D eigenvalue weighted by atomic mass is 9.97. The minimum atomic E-state index is -0.0262. The van der Waals surface area contributed by atoms with Gasteiger partial charge in [-0.25, -0.2) is 0 Å². The summed E-state index contributed by atoms with van der Waals surface area (Å²) in [7, 11) is 0. The predicted octanol–water partition coefficient (Wildman–Crippen LogP) is 3.43. The standard InChI is InChI=1S/C15H23NO2/c1-9(2)13-8-12(11(5)6-7-17)15(18)14(16-13)10(3)4/h6,8-10,17-18H,7H2,1-5H3/b11-6-. The normalized spacial score (nSPS) is 12.6. The van der Waals surface area contributed by atoms with E-state index in [0.29, 0.717) is 5.92 Å². The molecule has 0 aromatic carbocycles. The molecule has 1 heterocycles. The molecular weight excluding hydrogens is 226 g/mol. The van der Waals surface area contributed by atoms with Gasteiger partial charge in [0, 0.05) is 11.3 Å². The van der Waals surface area contributed by atoms with E-state index in [1.807, 2.05) is 26.8 Å². The Labute approximate surface area is 109 Å². The second-order valence-corrected chi connectivity index (χ2v) is 5.21. The van der Waals surface area contributed by atoms with Gasteiger partial charge < -0.3 is 10.2 Å². The number of aliphatic hydroxyl groups excluding tert-OH is 1. The molecule has 0 saturated heterocycles. The summed E-state index contributed by atoms with van der Waals surface area (Å²) in [4.78, 5) is 4.53. The van der Waals surface area contributed by atoms with Gasteiger partial charge in [-0.2, -0.15) is 0 Å². The van der Waals surface area contributed by atoms with E-state index in [1.54, 1.807) is 6.08 Å².